The van der Waals surface area contributed by atoms with Gasteiger partial charge < -0.3 is 10.1 Å². The summed E-state index contributed by atoms with van der Waals surface area (Å²) < 4.78 is 4.75. The van der Waals surface area contributed by atoms with E-state index in [0.717, 1.165) is 0 Å². The van der Waals surface area contributed by atoms with Crippen molar-refractivity contribution in [1.82, 2.24) is 5.32 Å². The van der Waals surface area contributed by atoms with Crippen LogP contribution in [-0.4, -0.2) is 31.7 Å². The standard InChI is InChI=1S/C11H17N3O2.C2H6/c1-5-9(11(12)13-4)8(3)14-7-10(15)16-6-2;1-2/h5,12,14H,1,4,6-7H2,2-3H3;1-2H3/b9-8-,12-11?;. The third-order valence-electron chi connectivity index (χ3n) is 1.82. The highest BCUT2D eigenvalue weighted by atomic mass is 16.5. The van der Waals surface area contributed by atoms with Gasteiger partial charge in [0.2, 0.25) is 0 Å². The molecular weight excluding hydrogens is 230 g/mol. The summed E-state index contributed by atoms with van der Waals surface area (Å²) in [6.45, 7) is 14.7. The van der Waals surface area contributed by atoms with Gasteiger partial charge in [0.15, 0.2) is 5.84 Å². The number of hydrogen-bond acceptors (Lipinski definition) is 4. The molecule has 0 spiro atoms. The van der Waals surface area contributed by atoms with Crippen molar-refractivity contribution < 1.29 is 9.53 Å². The number of hydrogen-bond donors (Lipinski definition) is 2. The number of ether oxygens (including phenoxy) is 1. The zero-order valence-corrected chi connectivity index (χ0v) is 11.7. The molecule has 0 saturated carbocycles. The van der Waals surface area contributed by atoms with Gasteiger partial charge in [0.05, 0.1) is 6.61 Å². The Bertz CT molecular complexity index is 333. The fourth-order valence-corrected chi connectivity index (χ4v) is 1.02. The van der Waals surface area contributed by atoms with Crippen LogP contribution >= 0.6 is 0 Å². The van der Waals surface area contributed by atoms with Crippen LogP contribution in [0.2, 0.25) is 0 Å². The molecule has 5 heteroatoms. The van der Waals surface area contributed by atoms with E-state index in [-0.39, 0.29) is 18.3 Å². The normalized spacial score (nSPS) is 10.2. The SMILES string of the molecule is C=C/C(C(=N)N=C)=C(\C)NCC(=O)OCC.CC. The Morgan fingerprint density at radius 1 is 1.50 bits per heavy atom. The number of aliphatic imine (C=N–C) groups is 1. The van der Waals surface area contributed by atoms with Gasteiger partial charge in [0.1, 0.15) is 6.54 Å². The van der Waals surface area contributed by atoms with Gasteiger partial charge in [-0.2, -0.15) is 0 Å². The summed E-state index contributed by atoms with van der Waals surface area (Å²) in [5.41, 5.74) is 1.15. The first-order valence-corrected chi connectivity index (χ1v) is 5.85. The molecule has 102 valence electrons. The molecule has 0 fully saturated rings. The van der Waals surface area contributed by atoms with Crippen molar-refractivity contribution in [3.05, 3.63) is 23.9 Å². The Labute approximate surface area is 109 Å². The second-order valence-electron chi connectivity index (χ2n) is 2.91. The third-order valence-corrected chi connectivity index (χ3v) is 1.82. The van der Waals surface area contributed by atoms with Crippen LogP contribution in [0, 0.1) is 5.41 Å². The van der Waals surface area contributed by atoms with Crippen LogP contribution in [0.4, 0.5) is 0 Å². The quantitative estimate of drug-likeness (QED) is 0.330. The second-order valence-corrected chi connectivity index (χ2v) is 2.91. The first-order chi connectivity index (χ1) is 8.56. The number of carbonyl (C=O) groups is 1. The largest absolute Gasteiger partial charge is 0.465 e. The van der Waals surface area contributed by atoms with Crippen LogP contribution in [0.15, 0.2) is 28.9 Å². The highest BCUT2D eigenvalue weighted by molar-refractivity contribution is 6.01. The Morgan fingerprint density at radius 3 is 2.44 bits per heavy atom. The summed E-state index contributed by atoms with van der Waals surface area (Å²) in [5, 5.41) is 10.3. The predicted molar refractivity (Wildman–Crippen MR) is 76.2 cm³/mol. The zero-order chi connectivity index (χ0) is 14.6. The maximum absolute atomic E-state index is 11.1. The fraction of sp³-hybridized carbons (Fsp3) is 0.462. The number of amidine groups is 1. The molecule has 0 unspecified atom stereocenters. The first kappa shape index (κ1) is 18.5. The molecule has 0 rings (SSSR count). The van der Waals surface area contributed by atoms with Gasteiger partial charge in [-0.3, -0.25) is 10.2 Å². The van der Waals surface area contributed by atoms with Gasteiger partial charge in [-0.15, -0.1) is 0 Å². The van der Waals surface area contributed by atoms with Crippen molar-refractivity contribution in [3.8, 4) is 0 Å². The zero-order valence-electron chi connectivity index (χ0n) is 11.7. The average Bonchev–Trinajstić information content (AvgIpc) is 2.39. The number of nitrogens with zero attached hydrogens (tertiary/aromatic N) is 1. The molecule has 0 amide bonds. The highest BCUT2D eigenvalue weighted by Gasteiger charge is 2.06. The van der Waals surface area contributed by atoms with Gasteiger partial charge in [-0.25, -0.2) is 4.99 Å². The number of allylic oxidation sites excluding steroid dienone is 1. The van der Waals surface area contributed by atoms with E-state index in [1.807, 2.05) is 13.8 Å². The summed E-state index contributed by atoms with van der Waals surface area (Å²) in [6, 6.07) is 0. The molecule has 0 aliphatic rings. The minimum Gasteiger partial charge on any atom is -0.465 e. The van der Waals surface area contributed by atoms with E-state index >= 15 is 0 Å². The molecule has 2 N–H and O–H groups in total. The van der Waals surface area contributed by atoms with Crippen LogP contribution in [-0.2, 0) is 9.53 Å². The molecule has 0 aromatic carbocycles. The molecule has 0 aromatic heterocycles. The average molecular weight is 253 g/mol. The number of carbonyl (C=O) groups excluding carboxylic acids is 1. The minimum absolute atomic E-state index is 0.0175. The van der Waals surface area contributed by atoms with Crippen molar-refractivity contribution in [2.45, 2.75) is 27.7 Å². The predicted octanol–water partition coefficient (Wildman–Crippen LogP) is 2.30. The lowest BCUT2D eigenvalue weighted by Gasteiger charge is -2.09. The molecular formula is C13H23N3O2. The van der Waals surface area contributed by atoms with Crippen LogP contribution in [0.1, 0.15) is 27.7 Å². The van der Waals surface area contributed by atoms with E-state index in [4.69, 9.17) is 10.1 Å². The molecule has 0 aromatic rings. The number of rotatable bonds is 6. The van der Waals surface area contributed by atoms with Gasteiger partial charge in [0.25, 0.3) is 0 Å². The number of nitrogens with one attached hydrogen (secondary N) is 2. The van der Waals surface area contributed by atoms with E-state index < -0.39 is 0 Å². The lowest BCUT2D eigenvalue weighted by Crippen LogP contribution is -2.24. The highest BCUT2D eigenvalue weighted by Crippen LogP contribution is 2.04. The van der Waals surface area contributed by atoms with Gasteiger partial charge in [-0.1, -0.05) is 26.5 Å². The maximum atomic E-state index is 11.1. The van der Waals surface area contributed by atoms with Crippen molar-refractivity contribution in [1.29, 1.82) is 5.41 Å². The second kappa shape index (κ2) is 11.6. The molecule has 0 aliphatic carbocycles. The first-order valence-electron chi connectivity index (χ1n) is 5.85. The summed E-state index contributed by atoms with van der Waals surface area (Å²) in [4.78, 5) is 14.6. The van der Waals surface area contributed by atoms with Crippen molar-refractivity contribution in [2.75, 3.05) is 13.2 Å². The van der Waals surface area contributed by atoms with Crippen molar-refractivity contribution in [3.63, 3.8) is 0 Å². The molecule has 0 radical (unpaired) electrons. The van der Waals surface area contributed by atoms with E-state index in [2.05, 4.69) is 23.6 Å². The number of esters is 1. The monoisotopic (exact) mass is 253 g/mol. The molecule has 5 nitrogen and oxygen atoms in total. The smallest absolute Gasteiger partial charge is 0.325 e. The maximum Gasteiger partial charge on any atom is 0.325 e. The lowest BCUT2D eigenvalue weighted by molar-refractivity contribution is -0.141. The van der Waals surface area contributed by atoms with Crippen molar-refractivity contribution in [2.24, 2.45) is 4.99 Å². The van der Waals surface area contributed by atoms with Crippen molar-refractivity contribution >= 4 is 18.5 Å². The Morgan fingerprint density at radius 2 is 2.06 bits per heavy atom. The summed E-state index contributed by atoms with van der Waals surface area (Å²) >= 11 is 0. The molecule has 0 bridgehead atoms. The lowest BCUT2D eigenvalue weighted by atomic mass is 10.2. The molecule has 0 aliphatic heterocycles. The van der Waals surface area contributed by atoms with Gasteiger partial charge in [0, 0.05) is 11.3 Å². The Hall–Kier alpha value is -1.91. The molecule has 0 atom stereocenters. The summed E-state index contributed by atoms with van der Waals surface area (Å²) in [6.07, 6.45) is 1.49. The van der Waals surface area contributed by atoms with Crippen LogP contribution < -0.4 is 5.32 Å². The fourth-order valence-electron chi connectivity index (χ4n) is 1.02. The van der Waals surface area contributed by atoms with Gasteiger partial charge in [-0.05, 0) is 20.6 Å². The van der Waals surface area contributed by atoms with Crippen LogP contribution in [0.25, 0.3) is 0 Å². The van der Waals surface area contributed by atoms with Crippen LogP contribution in [0.3, 0.4) is 0 Å². The van der Waals surface area contributed by atoms with E-state index in [9.17, 15) is 4.79 Å². The third kappa shape index (κ3) is 7.38. The van der Waals surface area contributed by atoms with E-state index in [1.54, 1.807) is 13.8 Å². The Kier molecular flexibility index (Phi) is 11.9. The summed E-state index contributed by atoms with van der Waals surface area (Å²) in [5.74, 6) is -0.327. The topological polar surface area (TPSA) is 74.5 Å². The molecule has 0 heterocycles. The molecule has 0 saturated heterocycles. The summed E-state index contributed by atoms with van der Waals surface area (Å²) in [7, 11) is 0. The Balaban J connectivity index is 0. The van der Waals surface area contributed by atoms with Gasteiger partial charge >= 0.3 is 5.97 Å². The van der Waals surface area contributed by atoms with E-state index in [1.165, 1.54) is 6.08 Å². The van der Waals surface area contributed by atoms with Crippen LogP contribution in [0.5, 0.6) is 0 Å². The van der Waals surface area contributed by atoms with E-state index in [0.29, 0.717) is 17.9 Å². The molecule has 18 heavy (non-hydrogen) atoms. The minimum atomic E-state index is -0.344.